The average Bonchev–Trinajstić information content (AvgIpc) is 2.74. The molecular weight excluding hydrogens is 364 g/mol. The molecule has 0 saturated heterocycles. The average molecular weight is 389 g/mol. The summed E-state index contributed by atoms with van der Waals surface area (Å²) in [7, 11) is 0. The van der Waals surface area contributed by atoms with E-state index < -0.39 is 0 Å². The van der Waals surface area contributed by atoms with Gasteiger partial charge in [-0.25, -0.2) is 0 Å². The highest BCUT2D eigenvalue weighted by molar-refractivity contribution is 5.91. The van der Waals surface area contributed by atoms with Crippen molar-refractivity contribution >= 4 is 23.4 Å². The molecule has 1 heterocycles. The van der Waals surface area contributed by atoms with Crippen LogP contribution in [0.2, 0.25) is 0 Å². The summed E-state index contributed by atoms with van der Waals surface area (Å²) >= 11 is 0. The molecular formula is C29H24O. The van der Waals surface area contributed by atoms with Crippen LogP contribution in [-0.4, -0.2) is 0 Å². The van der Waals surface area contributed by atoms with Crippen LogP contribution in [0.4, 0.5) is 0 Å². The van der Waals surface area contributed by atoms with Crippen LogP contribution in [-0.2, 0) is 0 Å². The van der Waals surface area contributed by atoms with Gasteiger partial charge in [0.15, 0.2) is 0 Å². The first kappa shape index (κ1) is 18.4. The Morgan fingerprint density at radius 2 is 1.60 bits per heavy atom. The second-order valence-electron chi connectivity index (χ2n) is 8.19. The largest absolute Gasteiger partial charge is 0.457 e. The molecule has 0 N–H and O–H groups in total. The van der Waals surface area contributed by atoms with E-state index in [-0.39, 0.29) is 5.92 Å². The van der Waals surface area contributed by atoms with Gasteiger partial charge in [-0.1, -0.05) is 91.0 Å². The summed E-state index contributed by atoms with van der Waals surface area (Å²) in [4.78, 5) is 0. The fourth-order valence-corrected chi connectivity index (χ4v) is 4.53. The number of allylic oxidation sites excluding steroid dienone is 1. The molecule has 0 amide bonds. The quantitative estimate of drug-likeness (QED) is 0.350. The monoisotopic (exact) mass is 388 g/mol. The maximum absolute atomic E-state index is 6.48. The Morgan fingerprint density at radius 3 is 2.37 bits per heavy atom. The molecule has 0 saturated carbocycles. The van der Waals surface area contributed by atoms with Crippen LogP contribution < -0.4 is 15.2 Å². The zero-order chi connectivity index (χ0) is 20.8. The molecule has 30 heavy (non-hydrogen) atoms. The van der Waals surface area contributed by atoms with Crippen LogP contribution in [0.3, 0.4) is 0 Å². The predicted molar refractivity (Wildman–Crippen MR) is 127 cm³/mol. The summed E-state index contributed by atoms with van der Waals surface area (Å²) in [5.74, 6) is 1.87. The first-order valence-electron chi connectivity index (χ1n) is 10.3. The van der Waals surface area contributed by atoms with Crippen molar-refractivity contribution in [2.45, 2.75) is 19.8 Å². The van der Waals surface area contributed by atoms with Crippen molar-refractivity contribution in [1.82, 2.24) is 0 Å². The molecule has 0 bridgehead atoms. The Labute approximate surface area is 177 Å². The Kier molecular flexibility index (Phi) is 4.33. The van der Waals surface area contributed by atoms with Gasteiger partial charge in [0.1, 0.15) is 11.5 Å². The highest BCUT2D eigenvalue weighted by atomic mass is 16.5. The molecule has 4 aromatic carbocycles. The Bertz CT molecular complexity index is 1410. The lowest BCUT2D eigenvalue weighted by Gasteiger charge is -2.31. The first-order chi connectivity index (χ1) is 14.5. The molecule has 1 aliphatic heterocycles. The van der Waals surface area contributed by atoms with Gasteiger partial charge in [0.05, 0.1) is 0 Å². The summed E-state index contributed by atoms with van der Waals surface area (Å²) in [6.45, 7) is 12.6. The molecule has 0 fully saturated rings. The van der Waals surface area contributed by atoms with Crippen LogP contribution in [0.15, 0.2) is 84.9 Å². The van der Waals surface area contributed by atoms with E-state index >= 15 is 0 Å². The smallest absolute Gasteiger partial charge is 0.132 e. The standard InChI is InChI=1S/C29H24O/c1-18(2)16-23-20(4)11-14-25-28(23)27(22-8-6-5-7-9-22)29-24-17-19(3)10-12-21(24)13-15-26(29)30-25/h5-17,27H,1,4H2,2-3H3/b23-16+. The van der Waals surface area contributed by atoms with Crippen LogP contribution >= 0.6 is 0 Å². The summed E-state index contributed by atoms with van der Waals surface area (Å²) < 4.78 is 6.48. The summed E-state index contributed by atoms with van der Waals surface area (Å²) in [5.41, 5.74) is 5.88. The lowest BCUT2D eigenvalue weighted by atomic mass is 9.79. The third-order valence-electron chi connectivity index (χ3n) is 5.84. The van der Waals surface area contributed by atoms with Crippen molar-refractivity contribution in [3.63, 3.8) is 0 Å². The lowest BCUT2D eigenvalue weighted by molar-refractivity contribution is 0.453. The van der Waals surface area contributed by atoms with Crippen molar-refractivity contribution in [2.24, 2.45) is 0 Å². The van der Waals surface area contributed by atoms with Crippen molar-refractivity contribution in [2.75, 3.05) is 0 Å². The fraction of sp³-hybridized carbons (Fsp3) is 0.103. The van der Waals surface area contributed by atoms with Gasteiger partial charge in [0.25, 0.3) is 0 Å². The van der Waals surface area contributed by atoms with Crippen LogP contribution in [0.25, 0.3) is 23.4 Å². The lowest BCUT2D eigenvalue weighted by Crippen LogP contribution is -2.32. The van der Waals surface area contributed by atoms with Gasteiger partial charge in [-0.2, -0.15) is 0 Å². The van der Waals surface area contributed by atoms with E-state index in [0.29, 0.717) is 0 Å². The van der Waals surface area contributed by atoms with Gasteiger partial charge >= 0.3 is 0 Å². The molecule has 1 unspecified atom stereocenters. The normalized spacial score (nSPS) is 15.4. The Balaban J connectivity index is 1.95. The zero-order valence-electron chi connectivity index (χ0n) is 17.4. The topological polar surface area (TPSA) is 9.23 Å². The van der Waals surface area contributed by atoms with E-state index in [0.717, 1.165) is 27.5 Å². The third-order valence-corrected chi connectivity index (χ3v) is 5.84. The summed E-state index contributed by atoms with van der Waals surface area (Å²) in [6.07, 6.45) is 2.13. The Hall–Kier alpha value is -3.58. The summed E-state index contributed by atoms with van der Waals surface area (Å²) in [5, 5.41) is 4.55. The summed E-state index contributed by atoms with van der Waals surface area (Å²) in [6, 6.07) is 25.7. The number of hydrogen-bond donors (Lipinski definition) is 0. The van der Waals surface area contributed by atoms with Gasteiger partial charge in [-0.15, -0.1) is 0 Å². The van der Waals surface area contributed by atoms with Crippen molar-refractivity contribution < 1.29 is 4.74 Å². The van der Waals surface area contributed by atoms with E-state index in [1.54, 1.807) is 0 Å². The van der Waals surface area contributed by atoms with E-state index in [9.17, 15) is 0 Å². The Morgan fingerprint density at radius 1 is 0.900 bits per heavy atom. The highest BCUT2D eigenvalue weighted by Gasteiger charge is 2.31. The molecule has 0 radical (unpaired) electrons. The van der Waals surface area contributed by atoms with Crippen molar-refractivity contribution in [1.29, 1.82) is 0 Å². The second-order valence-corrected chi connectivity index (χ2v) is 8.19. The minimum atomic E-state index is 0.0581. The molecule has 0 spiro atoms. The number of fused-ring (bicyclic) bond motifs is 4. The molecule has 4 aromatic rings. The van der Waals surface area contributed by atoms with Gasteiger partial charge in [-0.05, 0) is 52.8 Å². The number of aryl methyl sites for hydroxylation is 1. The molecule has 1 atom stereocenters. The second kappa shape index (κ2) is 7.03. The first-order valence-corrected chi connectivity index (χ1v) is 10.3. The van der Waals surface area contributed by atoms with Crippen LogP contribution in [0.5, 0.6) is 11.5 Å². The van der Waals surface area contributed by atoms with Crippen LogP contribution in [0, 0.1) is 6.92 Å². The van der Waals surface area contributed by atoms with E-state index in [4.69, 9.17) is 4.74 Å². The van der Waals surface area contributed by atoms with Crippen molar-refractivity contribution in [3.8, 4) is 11.5 Å². The van der Waals surface area contributed by atoms with Crippen molar-refractivity contribution in [3.05, 3.63) is 118 Å². The third kappa shape index (κ3) is 2.95. The number of hydrogen-bond acceptors (Lipinski definition) is 1. The minimum Gasteiger partial charge on any atom is -0.457 e. The minimum absolute atomic E-state index is 0.0581. The molecule has 1 aliphatic rings. The predicted octanol–water partition coefficient (Wildman–Crippen LogP) is 6.20. The number of ether oxygens (including phenoxy) is 1. The van der Waals surface area contributed by atoms with Gasteiger partial charge in [-0.3, -0.25) is 0 Å². The molecule has 0 aromatic heterocycles. The molecule has 146 valence electrons. The molecule has 0 aliphatic carbocycles. The SMILES string of the molecule is C=C(C)/C=c1/c2c(ccc1=C)Oc1ccc3ccc(C)cc3c1C2c1ccccc1. The fourth-order valence-electron chi connectivity index (χ4n) is 4.53. The van der Waals surface area contributed by atoms with E-state index in [2.05, 4.69) is 86.8 Å². The van der Waals surface area contributed by atoms with Crippen LogP contribution in [0.1, 0.15) is 35.1 Å². The maximum atomic E-state index is 6.48. The molecule has 5 rings (SSSR count). The molecule has 1 nitrogen and oxygen atoms in total. The molecule has 1 heteroatoms. The van der Waals surface area contributed by atoms with Gasteiger partial charge < -0.3 is 4.74 Å². The zero-order valence-corrected chi connectivity index (χ0v) is 17.4. The maximum Gasteiger partial charge on any atom is 0.132 e. The van der Waals surface area contributed by atoms with Gasteiger partial charge in [0, 0.05) is 17.0 Å². The number of rotatable bonds is 2. The van der Waals surface area contributed by atoms with Gasteiger partial charge in [0.2, 0.25) is 0 Å². The van der Waals surface area contributed by atoms with E-state index in [1.807, 2.05) is 19.1 Å². The van der Waals surface area contributed by atoms with E-state index in [1.165, 1.54) is 33.0 Å². The number of benzene rings is 4. The highest BCUT2D eigenvalue weighted by Crippen LogP contribution is 2.48.